The molecule has 0 radical (unpaired) electrons. The third-order valence-corrected chi connectivity index (χ3v) is 5.34. The van der Waals surface area contributed by atoms with Crippen LogP contribution in [0.4, 0.5) is 5.69 Å². The minimum absolute atomic E-state index is 0.403. The van der Waals surface area contributed by atoms with Gasteiger partial charge in [0, 0.05) is 49.5 Å². The summed E-state index contributed by atoms with van der Waals surface area (Å²) in [5.74, 6) is 1.21. The Morgan fingerprint density at radius 3 is 2.90 bits per heavy atom. The molecule has 4 heteroatoms. The molecule has 0 saturated carbocycles. The van der Waals surface area contributed by atoms with Crippen LogP contribution in [0.2, 0.25) is 0 Å². The summed E-state index contributed by atoms with van der Waals surface area (Å²) in [5, 5.41) is 3.46. The first-order valence-corrected chi connectivity index (χ1v) is 8.77. The topological polar surface area (TPSA) is 24.5 Å². The van der Waals surface area contributed by atoms with E-state index >= 15 is 0 Å². The van der Waals surface area contributed by atoms with Crippen LogP contribution in [0.25, 0.3) is 0 Å². The van der Waals surface area contributed by atoms with E-state index in [2.05, 4.69) is 60.1 Å². The molecule has 2 rings (SSSR count). The minimum Gasteiger partial charge on any atom is -0.383 e. The maximum Gasteiger partial charge on any atom is 0.0587 e. The molecule has 1 fully saturated rings. The quantitative estimate of drug-likeness (QED) is 0.816. The Kier molecular flexibility index (Phi) is 6.40. The molecule has 0 spiro atoms. The van der Waals surface area contributed by atoms with Gasteiger partial charge in [0.2, 0.25) is 0 Å². The van der Waals surface area contributed by atoms with Gasteiger partial charge in [-0.1, -0.05) is 32.0 Å². The SMILES string of the molecule is COCCNCc1ccccc1N1CCSC(C)(C)CC1. The Morgan fingerprint density at radius 1 is 1.29 bits per heavy atom. The van der Waals surface area contributed by atoms with Crippen molar-refractivity contribution in [2.75, 3.05) is 44.0 Å². The number of nitrogens with zero attached hydrogens (tertiary/aromatic N) is 1. The van der Waals surface area contributed by atoms with Gasteiger partial charge in [-0.3, -0.25) is 0 Å². The third-order valence-electron chi connectivity index (χ3n) is 3.97. The van der Waals surface area contributed by atoms with E-state index in [0.29, 0.717) is 4.75 Å². The molecule has 0 aliphatic carbocycles. The summed E-state index contributed by atoms with van der Waals surface area (Å²) in [6.45, 7) is 9.58. The van der Waals surface area contributed by atoms with E-state index in [1.807, 2.05) is 0 Å². The molecule has 3 nitrogen and oxygen atoms in total. The lowest BCUT2D eigenvalue weighted by atomic mass is 10.1. The van der Waals surface area contributed by atoms with Crippen molar-refractivity contribution in [1.82, 2.24) is 5.32 Å². The van der Waals surface area contributed by atoms with Gasteiger partial charge in [0.25, 0.3) is 0 Å². The van der Waals surface area contributed by atoms with Crippen LogP contribution >= 0.6 is 11.8 Å². The molecule has 0 atom stereocenters. The Bertz CT molecular complexity index is 437. The number of para-hydroxylation sites is 1. The van der Waals surface area contributed by atoms with Crippen molar-refractivity contribution < 1.29 is 4.74 Å². The van der Waals surface area contributed by atoms with E-state index in [1.54, 1.807) is 7.11 Å². The van der Waals surface area contributed by atoms with Gasteiger partial charge in [0.1, 0.15) is 0 Å². The zero-order chi connectivity index (χ0) is 15.1. The predicted octanol–water partition coefficient (Wildman–Crippen LogP) is 3.14. The molecule has 1 aromatic carbocycles. The molecule has 1 aromatic rings. The summed E-state index contributed by atoms with van der Waals surface area (Å²) in [5.41, 5.74) is 2.78. The van der Waals surface area contributed by atoms with Gasteiger partial charge in [-0.25, -0.2) is 0 Å². The molecule has 1 aliphatic rings. The van der Waals surface area contributed by atoms with Crippen molar-refractivity contribution in [1.29, 1.82) is 0 Å². The van der Waals surface area contributed by atoms with Crippen molar-refractivity contribution in [2.24, 2.45) is 0 Å². The zero-order valence-corrected chi connectivity index (χ0v) is 14.3. The summed E-state index contributed by atoms with van der Waals surface area (Å²) in [6.07, 6.45) is 1.24. The molecule has 0 aromatic heterocycles. The lowest BCUT2D eigenvalue weighted by Gasteiger charge is -2.26. The number of hydrogen-bond donors (Lipinski definition) is 1. The smallest absolute Gasteiger partial charge is 0.0587 e. The number of nitrogens with one attached hydrogen (secondary N) is 1. The summed E-state index contributed by atoms with van der Waals surface area (Å²) >= 11 is 2.10. The van der Waals surface area contributed by atoms with Gasteiger partial charge in [-0.2, -0.15) is 11.8 Å². The maximum atomic E-state index is 5.09. The first-order valence-electron chi connectivity index (χ1n) is 7.79. The lowest BCUT2D eigenvalue weighted by molar-refractivity contribution is 0.199. The van der Waals surface area contributed by atoms with E-state index in [1.165, 1.54) is 23.4 Å². The van der Waals surface area contributed by atoms with E-state index in [4.69, 9.17) is 4.74 Å². The highest BCUT2D eigenvalue weighted by Gasteiger charge is 2.24. The van der Waals surface area contributed by atoms with Crippen LogP contribution in [0, 0.1) is 0 Å². The fourth-order valence-electron chi connectivity index (χ4n) is 2.63. The Labute approximate surface area is 133 Å². The van der Waals surface area contributed by atoms with Crippen LogP contribution in [0.5, 0.6) is 0 Å². The predicted molar refractivity (Wildman–Crippen MR) is 93.4 cm³/mol. The maximum absolute atomic E-state index is 5.09. The highest BCUT2D eigenvalue weighted by molar-refractivity contribution is 8.00. The van der Waals surface area contributed by atoms with Gasteiger partial charge >= 0.3 is 0 Å². The van der Waals surface area contributed by atoms with Gasteiger partial charge in [0.05, 0.1) is 6.61 Å². The second-order valence-electron chi connectivity index (χ2n) is 6.14. The number of anilines is 1. The number of benzene rings is 1. The molecule has 118 valence electrons. The Morgan fingerprint density at radius 2 is 2.10 bits per heavy atom. The molecule has 0 unspecified atom stereocenters. The molecule has 1 saturated heterocycles. The number of hydrogen-bond acceptors (Lipinski definition) is 4. The minimum atomic E-state index is 0.403. The zero-order valence-electron chi connectivity index (χ0n) is 13.5. The van der Waals surface area contributed by atoms with E-state index in [9.17, 15) is 0 Å². The largest absolute Gasteiger partial charge is 0.383 e. The summed E-state index contributed by atoms with van der Waals surface area (Å²) in [4.78, 5) is 2.55. The Balaban J connectivity index is 2.01. The van der Waals surface area contributed by atoms with Gasteiger partial charge in [-0.05, 0) is 18.1 Å². The van der Waals surface area contributed by atoms with Crippen LogP contribution in [0.15, 0.2) is 24.3 Å². The third kappa shape index (κ3) is 5.20. The molecule has 0 amide bonds. The molecule has 0 bridgehead atoms. The average molecular weight is 308 g/mol. The number of ether oxygens (including phenoxy) is 1. The second kappa shape index (κ2) is 8.06. The normalized spacial score (nSPS) is 18.5. The first-order chi connectivity index (χ1) is 10.1. The van der Waals surface area contributed by atoms with E-state index < -0.39 is 0 Å². The van der Waals surface area contributed by atoms with Crippen LogP contribution in [-0.4, -0.2) is 43.9 Å². The molecular formula is C17H28N2OS. The first kappa shape index (κ1) is 16.7. The average Bonchev–Trinajstić information content (AvgIpc) is 2.65. The van der Waals surface area contributed by atoms with Crippen molar-refractivity contribution in [2.45, 2.75) is 31.6 Å². The van der Waals surface area contributed by atoms with Crippen LogP contribution < -0.4 is 10.2 Å². The summed E-state index contributed by atoms with van der Waals surface area (Å²) < 4.78 is 5.49. The molecule has 1 heterocycles. The van der Waals surface area contributed by atoms with E-state index in [-0.39, 0.29) is 0 Å². The Hall–Kier alpha value is -0.710. The highest BCUT2D eigenvalue weighted by Crippen LogP contribution is 2.33. The number of thioether (sulfide) groups is 1. The van der Waals surface area contributed by atoms with Gasteiger partial charge in [0.15, 0.2) is 0 Å². The second-order valence-corrected chi connectivity index (χ2v) is 7.95. The van der Waals surface area contributed by atoms with Gasteiger partial charge < -0.3 is 15.0 Å². The number of rotatable bonds is 6. The monoisotopic (exact) mass is 308 g/mol. The van der Waals surface area contributed by atoms with Crippen molar-refractivity contribution in [3.63, 3.8) is 0 Å². The van der Waals surface area contributed by atoms with Crippen molar-refractivity contribution in [3.05, 3.63) is 29.8 Å². The van der Waals surface area contributed by atoms with Gasteiger partial charge in [-0.15, -0.1) is 0 Å². The lowest BCUT2D eigenvalue weighted by Crippen LogP contribution is -2.29. The van der Waals surface area contributed by atoms with Crippen molar-refractivity contribution in [3.8, 4) is 0 Å². The van der Waals surface area contributed by atoms with Crippen LogP contribution in [-0.2, 0) is 11.3 Å². The molecule has 1 N–H and O–H groups in total. The number of methoxy groups -OCH3 is 1. The summed E-state index contributed by atoms with van der Waals surface area (Å²) in [7, 11) is 1.74. The van der Waals surface area contributed by atoms with Crippen LogP contribution in [0.1, 0.15) is 25.8 Å². The van der Waals surface area contributed by atoms with Crippen molar-refractivity contribution >= 4 is 17.4 Å². The molecular weight excluding hydrogens is 280 g/mol. The standard InChI is InChI=1S/C17H28N2OS/c1-17(2)8-10-19(11-13-21-17)16-7-5-4-6-15(16)14-18-9-12-20-3/h4-7,18H,8-14H2,1-3H3. The van der Waals surface area contributed by atoms with E-state index in [0.717, 1.165) is 32.8 Å². The van der Waals surface area contributed by atoms with Crippen LogP contribution in [0.3, 0.4) is 0 Å². The molecule has 1 aliphatic heterocycles. The summed E-state index contributed by atoms with van der Waals surface area (Å²) in [6, 6.07) is 8.78. The fraction of sp³-hybridized carbons (Fsp3) is 0.647. The fourth-order valence-corrected chi connectivity index (χ4v) is 3.73. The molecule has 21 heavy (non-hydrogen) atoms. The highest BCUT2D eigenvalue weighted by atomic mass is 32.2.